The largest absolute Gasteiger partial charge is 0.490 e. The molecule has 6 heteroatoms. The lowest BCUT2D eigenvalue weighted by molar-refractivity contribution is -0.138. The number of hydrogen-bond acceptors (Lipinski definition) is 4. The molecule has 1 atom stereocenters. The van der Waals surface area contributed by atoms with Gasteiger partial charge in [0.25, 0.3) is 0 Å². The van der Waals surface area contributed by atoms with Gasteiger partial charge in [-0.3, -0.25) is 0 Å². The first-order valence-corrected chi connectivity index (χ1v) is 10.5. The number of para-hydroxylation sites is 1. The summed E-state index contributed by atoms with van der Waals surface area (Å²) < 4.78 is 11.6. The Bertz CT molecular complexity index is 949. The molecule has 2 aromatic carbocycles. The Morgan fingerprint density at radius 3 is 2.47 bits per heavy atom. The van der Waals surface area contributed by atoms with Gasteiger partial charge in [0.1, 0.15) is 5.75 Å². The number of benzene rings is 2. The van der Waals surface area contributed by atoms with Gasteiger partial charge in [-0.2, -0.15) is 0 Å². The summed E-state index contributed by atoms with van der Waals surface area (Å²) in [6.07, 6.45) is 4.48. The van der Waals surface area contributed by atoms with Crippen LogP contribution in [0.3, 0.4) is 0 Å². The first kappa shape index (κ1) is 20.0. The molecule has 156 valence electrons. The lowest BCUT2D eigenvalue weighted by atomic mass is 9.92. The molecule has 30 heavy (non-hydrogen) atoms. The van der Waals surface area contributed by atoms with Crippen molar-refractivity contribution < 1.29 is 19.1 Å². The predicted molar refractivity (Wildman–Crippen MR) is 114 cm³/mol. The van der Waals surface area contributed by atoms with Gasteiger partial charge in [0.15, 0.2) is 0 Å². The Hall–Kier alpha value is -3.28. The molecule has 1 aliphatic heterocycles. The van der Waals surface area contributed by atoms with E-state index in [9.17, 15) is 9.59 Å². The number of urea groups is 1. The van der Waals surface area contributed by atoms with Crippen LogP contribution in [0.15, 0.2) is 60.2 Å². The number of ether oxygens (including phenoxy) is 2. The molecule has 0 unspecified atom stereocenters. The van der Waals surface area contributed by atoms with Crippen molar-refractivity contribution in [3.05, 3.63) is 71.3 Å². The van der Waals surface area contributed by atoms with Crippen LogP contribution in [0.1, 0.15) is 49.8 Å². The molecule has 2 aliphatic rings. The van der Waals surface area contributed by atoms with Gasteiger partial charge in [-0.15, -0.1) is 0 Å². The van der Waals surface area contributed by atoms with Crippen LogP contribution in [0.5, 0.6) is 5.75 Å². The molecule has 1 saturated carbocycles. The molecule has 1 heterocycles. The first-order valence-electron chi connectivity index (χ1n) is 10.5. The van der Waals surface area contributed by atoms with E-state index in [1.54, 1.807) is 6.92 Å². The minimum atomic E-state index is -0.617. The van der Waals surface area contributed by atoms with Crippen LogP contribution in [-0.4, -0.2) is 24.7 Å². The number of amides is 2. The Morgan fingerprint density at radius 2 is 1.73 bits per heavy atom. The fraction of sp³-hybridized carbons (Fsp3) is 0.333. The second-order valence-electron chi connectivity index (χ2n) is 7.47. The number of esters is 1. The topological polar surface area (TPSA) is 76.7 Å². The van der Waals surface area contributed by atoms with Crippen molar-refractivity contribution in [3.8, 4) is 5.75 Å². The van der Waals surface area contributed by atoms with Crippen LogP contribution >= 0.6 is 0 Å². The third-order valence-electron chi connectivity index (χ3n) is 5.45. The van der Waals surface area contributed by atoms with Gasteiger partial charge in [-0.1, -0.05) is 42.5 Å². The van der Waals surface area contributed by atoms with Crippen molar-refractivity contribution in [1.29, 1.82) is 0 Å². The lowest BCUT2D eigenvalue weighted by Crippen LogP contribution is -2.45. The van der Waals surface area contributed by atoms with Crippen LogP contribution in [0.25, 0.3) is 5.70 Å². The average Bonchev–Trinajstić information content (AvgIpc) is 3.27. The monoisotopic (exact) mass is 406 g/mol. The van der Waals surface area contributed by atoms with E-state index in [0.29, 0.717) is 22.6 Å². The minimum Gasteiger partial charge on any atom is -0.490 e. The van der Waals surface area contributed by atoms with E-state index < -0.39 is 12.0 Å². The second kappa shape index (κ2) is 9.03. The Labute approximate surface area is 176 Å². The van der Waals surface area contributed by atoms with Crippen molar-refractivity contribution >= 4 is 17.7 Å². The predicted octanol–water partition coefficient (Wildman–Crippen LogP) is 4.34. The zero-order chi connectivity index (χ0) is 20.9. The molecule has 6 nitrogen and oxygen atoms in total. The molecule has 2 amide bonds. The van der Waals surface area contributed by atoms with Crippen LogP contribution in [0.2, 0.25) is 0 Å². The Morgan fingerprint density at radius 1 is 1.03 bits per heavy atom. The molecule has 0 spiro atoms. The molecule has 1 fully saturated rings. The van der Waals surface area contributed by atoms with Crippen molar-refractivity contribution in [3.63, 3.8) is 0 Å². The second-order valence-corrected chi connectivity index (χ2v) is 7.47. The van der Waals surface area contributed by atoms with Gasteiger partial charge in [0.2, 0.25) is 0 Å². The number of nitrogens with one attached hydrogen (secondary N) is 2. The summed E-state index contributed by atoms with van der Waals surface area (Å²) in [4.78, 5) is 25.6. The molecule has 2 aromatic rings. The van der Waals surface area contributed by atoms with Gasteiger partial charge < -0.3 is 20.1 Å². The van der Waals surface area contributed by atoms with Crippen molar-refractivity contribution in [2.24, 2.45) is 0 Å². The molecule has 1 aliphatic carbocycles. The Balaban J connectivity index is 1.83. The third kappa shape index (κ3) is 4.17. The fourth-order valence-corrected chi connectivity index (χ4v) is 4.06. The highest BCUT2D eigenvalue weighted by Crippen LogP contribution is 2.36. The van der Waals surface area contributed by atoms with Gasteiger partial charge in [0.05, 0.1) is 30.0 Å². The van der Waals surface area contributed by atoms with Crippen molar-refractivity contribution in [2.75, 3.05) is 6.61 Å². The molecule has 2 N–H and O–H groups in total. The van der Waals surface area contributed by atoms with Gasteiger partial charge in [0, 0.05) is 5.56 Å². The molecule has 4 rings (SSSR count). The standard InChI is InChI=1S/C24H26N2O4/c1-2-29-23(27)20-21(16-10-4-3-5-11-16)25-24(28)26-22(20)18-14-8-9-15-19(18)30-17-12-6-7-13-17/h3-5,8-11,14-15,17,21H,2,6-7,12-13H2,1H3,(H2,25,26,28)/t21-/m0/s1. The smallest absolute Gasteiger partial charge is 0.338 e. The van der Waals surface area contributed by atoms with Crippen LogP contribution in [0.4, 0.5) is 4.79 Å². The summed E-state index contributed by atoms with van der Waals surface area (Å²) in [5.41, 5.74) is 2.29. The van der Waals surface area contributed by atoms with Crippen LogP contribution < -0.4 is 15.4 Å². The summed E-state index contributed by atoms with van der Waals surface area (Å²) in [5.74, 6) is 0.194. The quantitative estimate of drug-likeness (QED) is 0.700. The van der Waals surface area contributed by atoms with Gasteiger partial charge in [-0.25, -0.2) is 9.59 Å². The number of rotatable bonds is 6. The zero-order valence-electron chi connectivity index (χ0n) is 17.0. The maximum atomic E-state index is 13.0. The third-order valence-corrected chi connectivity index (χ3v) is 5.45. The van der Waals surface area contributed by atoms with Gasteiger partial charge in [-0.05, 0) is 50.3 Å². The summed E-state index contributed by atoms with van der Waals surface area (Å²) in [6.45, 7) is 2.01. The average molecular weight is 406 g/mol. The van der Waals surface area contributed by atoms with E-state index in [-0.39, 0.29) is 18.7 Å². The minimum absolute atomic E-state index is 0.153. The van der Waals surface area contributed by atoms with Crippen LogP contribution in [0, 0.1) is 0 Å². The van der Waals surface area contributed by atoms with E-state index in [0.717, 1.165) is 31.2 Å². The molecule has 0 bridgehead atoms. The molecular weight excluding hydrogens is 380 g/mol. The zero-order valence-corrected chi connectivity index (χ0v) is 17.0. The first-order chi connectivity index (χ1) is 14.7. The van der Waals surface area contributed by atoms with E-state index in [1.807, 2.05) is 54.6 Å². The number of carbonyl (C=O) groups is 2. The highest BCUT2D eigenvalue weighted by Gasteiger charge is 2.35. The maximum Gasteiger partial charge on any atom is 0.338 e. The lowest BCUT2D eigenvalue weighted by Gasteiger charge is -2.30. The van der Waals surface area contributed by atoms with E-state index in [1.165, 1.54) is 0 Å². The fourth-order valence-electron chi connectivity index (χ4n) is 4.06. The summed E-state index contributed by atoms with van der Waals surface area (Å²) in [7, 11) is 0. The highest BCUT2D eigenvalue weighted by molar-refractivity contribution is 6.05. The van der Waals surface area contributed by atoms with Crippen molar-refractivity contribution in [1.82, 2.24) is 10.6 Å². The molecular formula is C24H26N2O4. The van der Waals surface area contributed by atoms with Crippen molar-refractivity contribution in [2.45, 2.75) is 44.8 Å². The van der Waals surface area contributed by atoms with Crippen LogP contribution in [-0.2, 0) is 9.53 Å². The molecule has 0 saturated heterocycles. The number of carbonyl (C=O) groups excluding carboxylic acids is 2. The summed E-state index contributed by atoms with van der Waals surface area (Å²) in [5, 5.41) is 5.70. The maximum absolute atomic E-state index is 13.0. The SMILES string of the molecule is CCOC(=O)C1=C(c2ccccc2OC2CCCC2)NC(=O)N[C@H]1c1ccccc1. The Kier molecular flexibility index (Phi) is 6.02. The van der Waals surface area contributed by atoms with Gasteiger partial charge >= 0.3 is 12.0 Å². The number of hydrogen-bond donors (Lipinski definition) is 2. The van der Waals surface area contributed by atoms with E-state index >= 15 is 0 Å². The molecule has 0 radical (unpaired) electrons. The van der Waals surface area contributed by atoms with E-state index in [4.69, 9.17) is 9.47 Å². The van der Waals surface area contributed by atoms with E-state index in [2.05, 4.69) is 10.6 Å². The highest BCUT2D eigenvalue weighted by atomic mass is 16.5. The summed E-state index contributed by atoms with van der Waals surface area (Å²) in [6, 6.07) is 16.0. The molecule has 0 aromatic heterocycles. The normalized spacial score (nSPS) is 19.2. The summed E-state index contributed by atoms with van der Waals surface area (Å²) >= 11 is 0.